The summed E-state index contributed by atoms with van der Waals surface area (Å²) < 4.78 is 11.5. The maximum atomic E-state index is 11.9. The predicted molar refractivity (Wildman–Crippen MR) is 78.6 cm³/mol. The van der Waals surface area contributed by atoms with Gasteiger partial charge in [-0.15, -0.1) is 0 Å². The zero-order valence-corrected chi connectivity index (χ0v) is 12.0. The lowest BCUT2D eigenvalue weighted by Crippen LogP contribution is -2.14. The van der Waals surface area contributed by atoms with Gasteiger partial charge in [-0.05, 0) is 6.07 Å². The molecule has 0 aromatic carbocycles. The van der Waals surface area contributed by atoms with Crippen LogP contribution in [0.1, 0.15) is 10.5 Å². The van der Waals surface area contributed by atoms with Crippen molar-refractivity contribution in [2.75, 3.05) is 5.73 Å². The average molecular weight is 313 g/mol. The molecule has 9 nitrogen and oxygen atoms in total. The van der Waals surface area contributed by atoms with Crippen molar-refractivity contribution in [2.24, 2.45) is 7.05 Å². The number of nitrogen functional groups attached to an aromatic ring is 1. The fourth-order valence-corrected chi connectivity index (χ4v) is 1.83. The lowest BCUT2D eigenvalue weighted by Gasteiger charge is -2.00. The van der Waals surface area contributed by atoms with Crippen LogP contribution in [0.3, 0.4) is 0 Å². The zero-order chi connectivity index (χ0) is 16.4. The average Bonchev–Trinajstić information content (AvgIpc) is 2.91. The number of aromatic nitrogens is 4. The summed E-state index contributed by atoms with van der Waals surface area (Å²) in [6.07, 6.45) is 5.27. The molecule has 3 heterocycles. The van der Waals surface area contributed by atoms with E-state index in [-0.39, 0.29) is 28.9 Å². The van der Waals surface area contributed by atoms with Crippen LogP contribution in [0.2, 0.25) is 0 Å². The van der Waals surface area contributed by atoms with Crippen molar-refractivity contribution in [3.8, 4) is 17.3 Å². The Labute approximate surface area is 129 Å². The van der Waals surface area contributed by atoms with Crippen LogP contribution in [0.25, 0.3) is 11.3 Å². The molecule has 0 fully saturated rings. The molecule has 3 aromatic rings. The molecule has 116 valence electrons. The molecule has 2 N–H and O–H groups in total. The van der Waals surface area contributed by atoms with Crippen LogP contribution in [-0.2, 0) is 7.05 Å². The summed E-state index contributed by atoms with van der Waals surface area (Å²) in [5.74, 6) is -0.808. The van der Waals surface area contributed by atoms with Crippen LogP contribution in [0.5, 0.6) is 6.08 Å². The Morgan fingerprint density at radius 2 is 2.17 bits per heavy atom. The van der Waals surface area contributed by atoms with E-state index in [0.717, 1.165) is 0 Å². The minimum Gasteiger partial charge on any atom is -0.392 e. The lowest BCUT2D eigenvalue weighted by molar-refractivity contribution is 0.0678. The zero-order valence-electron chi connectivity index (χ0n) is 12.0. The maximum Gasteiger partial charge on any atom is 0.404 e. The Morgan fingerprint density at radius 1 is 1.35 bits per heavy atom. The summed E-state index contributed by atoms with van der Waals surface area (Å²) in [6, 6.07) is 2.92. The minimum absolute atomic E-state index is 0.00734. The van der Waals surface area contributed by atoms with Crippen LogP contribution in [0.15, 0.2) is 46.1 Å². The van der Waals surface area contributed by atoms with Crippen LogP contribution in [0, 0.1) is 0 Å². The van der Waals surface area contributed by atoms with Gasteiger partial charge in [-0.1, -0.05) is 0 Å². The van der Waals surface area contributed by atoms with Gasteiger partial charge in [-0.3, -0.25) is 9.78 Å². The second-order valence-corrected chi connectivity index (χ2v) is 4.54. The normalized spacial score (nSPS) is 10.5. The van der Waals surface area contributed by atoms with Crippen LogP contribution >= 0.6 is 0 Å². The number of carbonyl (C=O) groups excluding carboxylic acids is 1. The van der Waals surface area contributed by atoms with Gasteiger partial charge in [0.25, 0.3) is 0 Å². The van der Waals surface area contributed by atoms with Gasteiger partial charge < -0.3 is 19.5 Å². The molecule has 0 unspecified atom stereocenters. The number of ether oxygens (including phenoxy) is 1. The number of hydrogen-bond donors (Lipinski definition) is 1. The smallest absolute Gasteiger partial charge is 0.392 e. The molecule has 9 heteroatoms. The van der Waals surface area contributed by atoms with Crippen molar-refractivity contribution < 1.29 is 13.9 Å². The summed E-state index contributed by atoms with van der Waals surface area (Å²) in [6.45, 7) is 0. The summed E-state index contributed by atoms with van der Waals surface area (Å²) >= 11 is 0. The van der Waals surface area contributed by atoms with Crippen LogP contribution < -0.4 is 16.0 Å². The third-order valence-corrected chi connectivity index (χ3v) is 2.95. The monoisotopic (exact) mass is 313 g/mol. The molecule has 23 heavy (non-hydrogen) atoms. The van der Waals surface area contributed by atoms with E-state index < -0.39 is 5.97 Å². The Bertz CT molecular complexity index is 916. The quantitative estimate of drug-likeness (QED) is 0.698. The van der Waals surface area contributed by atoms with Gasteiger partial charge in [0.05, 0.1) is 6.20 Å². The summed E-state index contributed by atoms with van der Waals surface area (Å²) in [5.41, 5.74) is 6.39. The van der Waals surface area contributed by atoms with E-state index in [2.05, 4.69) is 15.0 Å². The van der Waals surface area contributed by atoms with E-state index >= 15 is 0 Å². The predicted octanol–water partition coefficient (Wildman–Crippen LogP) is 0.632. The molecule has 0 aliphatic heterocycles. The number of carbonyl (C=O) groups is 1. The number of oxazole rings is 1. The Hall–Kier alpha value is -3.49. The van der Waals surface area contributed by atoms with E-state index in [1.54, 1.807) is 19.3 Å². The van der Waals surface area contributed by atoms with Crippen molar-refractivity contribution in [1.29, 1.82) is 0 Å². The number of nitrogens with two attached hydrogens (primary N) is 1. The third kappa shape index (κ3) is 2.93. The van der Waals surface area contributed by atoms with Crippen molar-refractivity contribution >= 4 is 11.9 Å². The molecule has 0 spiro atoms. The third-order valence-electron chi connectivity index (χ3n) is 2.95. The summed E-state index contributed by atoms with van der Waals surface area (Å²) in [4.78, 5) is 34.8. The van der Waals surface area contributed by atoms with Crippen molar-refractivity contribution in [1.82, 2.24) is 19.5 Å². The van der Waals surface area contributed by atoms with E-state index in [4.69, 9.17) is 14.9 Å². The first-order chi connectivity index (χ1) is 11.0. The molecule has 3 rings (SSSR count). The van der Waals surface area contributed by atoms with Crippen LogP contribution in [0.4, 0.5) is 5.88 Å². The first kappa shape index (κ1) is 14.4. The SMILES string of the molecule is Cn1cc(-c2nc(OC(=O)c3cnccn3)oc2N)ccc1=O. The van der Waals surface area contributed by atoms with Gasteiger partial charge in [0, 0.05) is 37.3 Å². The number of rotatable bonds is 3. The molecule has 0 aliphatic carbocycles. The van der Waals surface area contributed by atoms with Gasteiger partial charge in [-0.25, -0.2) is 9.78 Å². The van der Waals surface area contributed by atoms with Gasteiger partial charge in [-0.2, -0.15) is 4.98 Å². The molecular weight excluding hydrogens is 302 g/mol. The standard InChI is InChI=1S/C14H11N5O4/c1-19-7-8(2-3-10(19)20)11-12(15)22-14(18-11)23-13(21)9-6-16-4-5-17-9/h2-7H,15H2,1H3. The first-order valence-corrected chi connectivity index (χ1v) is 6.46. The lowest BCUT2D eigenvalue weighted by atomic mass is 10.2. The highest BCUT2D eigenvalue weighted by atomic mass is 16.6. The molecule has 0 radical (unpaired) electrons. The molecule has 0 aliphatic rings. The number of aryl methyl sites for hydroxylation is 1. The van der Waals surface area contributed by atoms with Gasteiger partial charge >= 0.3 is 12.0 Å². The van der Waals surface area contributed by atoms with Crippen LogP contribution in [-0.4, -0.2) is 25.5 Å². The van der Waals surface area contributed by atoms with Gasteiger partial charge in [0.15, 0.2) is 5.69 Å². The van der Waals surface area contributed by atoms with E-state index in [1.165, 1.54) is 29.2 Å². The fourth-order valence-electron chi connectivity index (χ4n) is 1.83. The molecule has 0 saturated heterocycles. The largest absolute Gasteiger partial charge is 0.404 e. The fraction of sp³-hybridized carbons (Fsp3) is 0.0714. The highest BCUT2D eigenvalue weighted by molar-refractivity contribution is 5.88. The molecule has 0 saturated carbocycles. The molecular formula is C14H11N5O4. The Morgan fingerprint density at radius 3 is 2.87 bits per heavy atom. The number of pyridine rings is 1. The molecule has 3 aromatic heterocycles. The highest BCUT2D eigenvalue weighted by Gasteiger charge is 2.18. The highest BCUT2D eigenvalue weighted by Crippen LogP contribution is 2.28. The van der Waals surface area contributed by atoms with Crippen molar-refractivity contribution in [2.45, 2.75) is 0 Å². The topological polar surface area (TPSA) is 126 Å². The second kappa shape index (κ2) is 5.72. The molecule has 0 atom stereocenters. The number of nitrogens with zero attached hydrogens (tertiary/aromatic N) is 4. The molecule has 0 amide bonds. The van der Waals surface area contributed by atoms with Gasteiger partial charge in [0.1, 0.15) is 5.69 Å². The van der Waals surface area contributed by atoms with Crippen molar-refractivity contribution in [3.05, 3.63) is 53.0 Å². The second-order valence-electron chi connectivity index (χ2n) is 4.54. The minimum atomic E-state index is -0.772. The summed E-state index contributed by atoms with van der Waals surface area (Å²) in [5, 5.41) is 0. The first-order valence-electron chi connectivity index (χ1n) is 6.46. The number of esters is 1. The molecule has 0 bridgehead atoms. The van der Waals surface area contributed by atoms with E-state index in [0.29, 0.717) is 5.56 Å². The summed E-state index contributed by atoms with van der Waals surface area (Å²) in [7, 11) is 1.59. The number of anilines is 1. The van der Waals surface area contributed by atoms with Crippen molar-refractivity contribution in [3.63, 3.8) is 0 Å². The van der Waals surface area contributed by atoms with Gasteiger partial charge in [0.2, 0.25) is 11.4 Å². The van der Waals surface area contributed by atoms with E-state index in [1.807, 2.05) is 0 Å². The maximum absolute atomic E-state index is 11.9. The Balaban J connectivity index is 1.88. The number of hydrogen-bond acceptors (Lipinski definition) is 8. The Kier molecular flexibility index (Phi) is 3.59. The van der Waals surface area contributed by atoms with E-state index in [9.17, 15) is 9.59 Å².